The number of carbonyl (C=O) groups excluding carboxylic acids is 4. The van der Waals surface area contributed by atoms with Crippen LogP contribution in [0.15, 0.2) is 10.3 Å². The lowest BCUT2D eigenvalue weighted by atomic mass is 10.1. The summed E-state index contributed by atoms with van der Waals surface area (Å²) in [6, 6.07) is -3.37. The van der Waals surface area contributed by atoms with Gasteiger partial charge in [-0.05, 0) is 100 Å². The molecule has 2 aromatic rings. The smallest absolute Gasteiger partial charge is 0.248 e. The number of likely N-dealkylation sites (N-methyl/N-ethyl adjacent to an activating group) is 2. The Bertz CT molecular complexity index is 1860. The van der Waals surface area contributed by atoms with Crippen LogP contribution >= 0.6 is 23.5 Å². The van der Waals surface area contributed by atoms with Gasteiger partial charge < -0.3 is 40.5 Å². The molecule has 0 spiro atoms. The van der Waals surface area contributed by atoms with Crippen LogP contribution in [0, 0.1) is 23.7 Å². The molecule has 20 nitrogen and oxygen atoms in total. The third-order valence-corrected chi connectivity index (χ3v) is 12.9. The van der Waals surface area contributed by atoms with Crippen LogP contribution in [0.3, 0.4) is 0 Å². The largest absolute Gasteiger partial charge is 0.363 e. The second kappa shape index (κ2) is 24.3. The second-order valence-corrected chi connectivity index (χ2v) is 21.6. The van der Waals surface area contributed by atoms with E-state index in [1.165, 1.54) is 0 Å². The Morgan fingerprint density at radius 2 is 1.05 bits per heavy atom. The Morgan fingerprint density at radius 1 is 0.672 bits per heavy atom. The first-order valence-corrected chi connectivity index (χ1v) is 23.5. The van der Waals surface area contributed by atoms with Crippen LogP contribution in [0.5, 0.6) is 0 Å². The van der Waals surface area contributed by atoms with E-state index in [2.05, 4.69) is 118 Å². The van der Waals surface area contributed by atoms with Crippen LogP contribution in [-0.4, -0.2) is 172 Å². The first-order valence-electron chi connectivity index (χ1n) is 21.9. The highest BCUT2D eigenvalue weighted by atomic mass is 32.2. The zero-order chi connectivity index (χ0) is 47.2. The van der Waals surface area contributed by atoms with E-state index in [0.717, 1.165) is 25.7 Å². The molecule has 0 radical (unpaired) electrons. The van der Waals surface area contributed by atoms with E-state index < -0.39 is 36.4 Å². The normalized spacial score (nSPS) is 19.4. The summed E-state index contributed by atoms with van der Waals surface area (Å²) in [5.74, 6) is 10.0. The highest BCUT2D eigenvalue weighted by Gasteiger charge is 2.40. The van der Waals surface area contributed by atoms with E-state index in [1.807, 2.05) is 0 Å². The molecule has 2 saturated heterocycles. The highest BCUT2D eigenvalue weighted by molar-refractivity contribution is 8.00. The number of rotatable bonds is 20. The molecule has 4 rings (SSSR count). The Kier molecular flexibility index (Phi) is 19.8. The zero-order valence-electron chi connectivity index (χ0n) is 39.4. The van der Waals surface area contributed by atoms with Crippen molar-refractivity contribution in [3.05, 3.63) is 0 Å². The summed E-state index contributed by atoms with van der Waals surface area (Å²) in [6.45, 7) is 21.2. The van der Waals surface area contributed by atoms with E-state index >= 15 is 0 Å². The molecule has 2 aliphatic heterocycles. The van der Waals surface area contributed by atoms with Crippen molar-refractivity contribution in [1.82, 2.24) is 71.5 Å². The Labute approximate surface area is 386 Å². The average molecular weight is 929 g/mol. The van der Waals surface area contributed by atoms with E-state index in [0.29, 0.717) is 36.5 Å². The van der Waals surface area contributed by atoms with Gasteiger partial charge in [-0.2, -0.15) is 0 Å². The van der Waals surface area contributed by atoms with E-state index in [1.54, 1.807) is 84.5 Å². The summed E-state index contributed by atoms with van der Waals surface area (Å²) in [5, 5.41) is 37.5. The highest BCUT2D eigenvalue weighted by Crippen LogP contribution is 2.32. The molecular weight excluding hydrogens is 861 g/mol. The van der Waals surface area contributed by atoms with Gasteiger partial charge in [0.2, 0.25) is 33.9 Å². The number of likely N-dealkylation sites (tertiary alicyclic amines) is 2. The van der Waals surface area contributed by atoms with Crippen molar-refractivity contribution in [2.24, 2.45) is 0 Å². The van der Waals surface area contributed by atoms with E-state index in [4.69, 9.17) is 9.47 Å². The Morgan fingerprint density at radius 3 is 1.39 bits per heavy atom. The minimum absolute atomic E-state index is 0.0555. The number of ether oxygens (including phenoxy) is 2. The van der Waals surface area contributed by atoms with Gasteiger partial charge in [-0.25, -0.2) is 9.36 Å². The third kappa shape index (κ3) is 15.7. The van der Waals surface area contributed by atoms with Crippen LogP contribution in [0.1, 0.15) is 94.9 Å². The van der Waals surface area contributed by atoms with Gasteiger partial charge >= 0.3 is 0 Å². The van der Waals surface area contributed by atoms with Gasteiger partial charge in [0.05, 0.1) is 49.5 Å². The maximum atomic E-state index is 14.2. The van der Waals surface area contributed by atoms with Gasteiger partial charge in [-0.15, -0.1) is 10.2 Å². The minimum atomic E-state index is -0.975. The van der Waals surface area contributed by atoms with Crippen molar-refractivity contribution >= 4 is 47.2 Å². The lowest BCUT2D eigenvalue weighted by molar-refractivity contribution is -0.142. The lowest BCUT2D eigenvalue weighted by Gasteiger charge is -2.32. The third-order valence-electron chi connectivity index (χ3n) is 10.7. The minimum Gasteiger partial charge on any atom is -0.363 e. The summed E-state index contributed by atoms with van der Waals surface area (Å²) in [5.41, 5.74) is 0. The maximum absolute atomic E-state index is 14.2. The molecule has 2 aromatic heterocycles. The number of aromatic nitrogens is 8. The van der Waals surface area contributed by atoms with Gasteiger partial charge in [-0.3, -0.25) is 19.2 Å². The van der Waals surface area contributed by atoms with Gasteiger partial charge in [0.25, 0.3) is 0 Å². The first kappa shape index (κ1) is 52.3. The molecule has 0 unspecified atom stereocenters. The molecule has 4 heterocycles. The lowest BCUT2D eigenvalue weighted by Crippen LogP contribution is -2.58. The predicted molar refractivity (Wildman–Crippen MR) is 244 cm³/mol. The number of amides is 4. The van der Waals surface area contributed by atoms with Gasteiger partial charge in [0.1, 0.15) is 25.3 Å². The molecule has 2 fully saturated rings. The van der Waals surface area contributed by atoms with Crippen molar-refractivity contribution < 1.29 is 28.7 Å². The number of hydrogen-bond acceptors (Lipinski definition) is 16. The Hall–Kier alpha value is -4.32. The van der Waals surface area contributed by atoms with E-state index in [9.17, 15) is 19.2 Å². The fourth-order valence-corrected chi connectivity index (χ4v) is 8.66. The fraction of sp³-hybridized carbons (Fsp3) is 0.762. The average Bonchev–Trinajstić information content (AvgIpc) is 4.07. The topological polar surface area (TPSA) is 229 Å². The van der Waals surface area contributed by atoms with Gasteiger partial charge in [-0.1, -0.05) is 76.9 Å². The SMILES string of the molecule is CN[C@@H](C)C(=O)N[C@H](C(=O)N1CCC[C@H]1Cn1nnnc1SC(C)(C)C)[C@@H](C)OCC#CC#CCO[C@H](C)[C@H](NC(=O)[C@H](C)NC)C(=O)N1CCC[C@H]1Cn1nnnc1SC(C)(C)C. The predicted octanol–water partition coefficient (Wildman–Crippen LogP) is 1.13. The molecule has 8 atom stereocenters. The molecule has 64 heavy (non-hydrogen) atoms. The maximum Gasteiger partial charge on any atom is 0.248 e. The van der Waals surface area contributed by atoms with Crippen molar-refractivity contribution in [3.8, 4) is 23.7 Å². The standard InChI is InChI=1S/C42H68N14O6S2/c1-27(43-11)35(57)45-33(37(59)53-21-17-19-31(53)25-55-39(47-49-51-55)63-41(5,6)7)29(3)61-23-15-13-14-16-24-62-30(4)34(46-36(58)28(2)44-12)38(60)54-22-18-20-32(54)26-56-40(48-50-52-56)64-42(8,9)10/h27-34,43-44H,17-26H2,1-12H3,(H,45,57)(H,46,58)/t27-,28-,29+,30+,31-,32-,33-,34-/m0/s1. The molecule has 0 bridgehead atoms. The van der Waals surface area contributed by atoms with E-state index in [-0.39, 0.29) is 58.4 Å². The van der Waals surface area contributed by atoms with Gasteiger partial charge in [0.15, 0.2) is 0 Å². The first-order chi connectivity index (χ1) is 30.2. The molecule has 2 aliphatic rings. The summed E-state index contributed by atoms with van der Waals surface area (Å²) in [4.78, 5) is 58.0. The molecule has 22 heteroatoms. The molecule has 0 saturated carbocycles. The molecule has 4 amide bonds. The number of nitrogens with one attached hydrogen (secondary N) is 4. The number of thioether (sulfide) groups is 2. The Balaban J connectivity index is 1.37. The second-order valence-electron chi connectivity index (χ2n) is 18.0. The molecule has 0 aromatic carbocycles. The van der Waals surface area contributed by atoms with Crippen LogP contribution in [0.25, 0.3) is 0 Å². The van der Waals surface area contributed by atoms with Crippen molar-refractivity contribution in [1.29, 1.82) is 0 Å². The van der Waals surface area contributed by atoms with Crippen LogP contribution in [0.4, 0.5) is 0 Å². The van der Waals surface area contributed by atoms with Crippen LogP contribution in [-0.2, 0) is 41.7 Å². The number of tetrazole rings is 2. The molecular formula is C42H68N14O6S2. The molecule has 354 valence electrons. The summed E-state index contributed by atoms with van der Waals surface area (Å²) in [6.07, 6.45) is 1.68. The summed E-state index contributed by atoms with van der Waals surface area (Å²) in [7, 11) is 3.35. The fourth-order valence-electron chi connectivity index (χ4n) is 6.98. The van der Waals surface area contributed by atoms with Gasteiger partial charge in [0, 0.05) is 22.6 Å². The number of carbonyl (C=O) groups is 4. The van der Waals surface area contributed by atoms with Crippen molar-refractivity contribution in [2.75, 3.05) is 40.4 Å². The zero-order valence-corrected chi connectivity index (χ0v) is 41.1. The number of nitrogens with zero attached hydrogens (tertiary/aromatic N) is 10. The molecule has 0 aliphatic carbocycles. The summed E-state index contributed by atoms with van der Waals surface area (Å²) >= 11 is 3.11. The number of hydrogen-bond donors (Lipinski definition) is 4. The quantitative estimate of drug-likeness (QED) is 0.108. The monoisotopic (exact) mass is 928 g/mol. The van der Waals surface area contributed by atoms with Crippen molar-refractivity contribution in [3.63, 3.8) is 0 Å². The van der Waals surface area contributed by atoms with Crippen molar-refractivity contribution in [2.45, 2.75) is 176 Å². The van der Waals surface area contributed by atoms with Crippen LogP contribution < -0.4 is 21.3 Å². The summed E-state index contributed by atoms with van der Waals surface area (Å²) < 4.78 is 15.3. The van der Waals surface area contributed by atoms with Crippen LogP contribution in [0.2, 0.25) is 0 Å². The molecule has 4 N–H and O–H groups in total.